The van der Waals surface area contributed by atoms with Crippen LogP contribution in [-0.2, 0) is 13.2 Å². The van der Waals surface area contributed by atoms with Gasteiger partial charge < -0.3 is 9.47 Å². The lowest BCUT2D eigenvalue weighted by atomic mass is 10.2. The maximum absolute atomic E-state index is 6.17. The molecule has 1 fully saturated rings. The molecule has 1 saturated heterocycles. The van der Waals surface area contributed by atoms with Crippen molar-refractivity contribution in [2.45, 2.75) is 17.8 Å². The normalized spacial score (nSPS) is 14.2. The van der Waals surface area contributed by atoms with E-state index in [0.29, 0.717) is 17.8 Å². The van der Waals surface area contributed by atoms with Crippen molar-refractivity contribution in [2.75, 3.05) is 11.5 Å². The quantitative estimate of drug-likeness (QED) is 0.466. The highest BCUT2D eigenvalue weighted by atomic mass is 32.2. The van der Waals surface area contributed by atoms with Crippen LogP contribution in [0, 0.1) is 0 Å². The first-order valence-electron chi connectivity index (χ1n) is 9.09. The van der Waals surface area contributed by atoms with Crippen molar-refractivity contribution in [1.82, 2.24) is 0 Å². The highest BCUT2D eigenvalue weighted by molar-refractivity contribution is 8.19. The zero-order chi connectivity index (χ0) is 18.3. The van der Waals surface area contributed by atoms with Crippen LogP contribution in [0.4, 0.5) is 0 Å². The van der Waals surface area contributed by atoms with Crippen LogP contribution in [0.2, 0.25) is 0 Å². The molecule has 3 aromatic rings. The molecule has 138 valence electrons. The van der Waals surface area contributed by atoms with E-state index in [9.17, 15) is 0 Å². The third-order valence-corrected chi connectivity index (χ3v) is 7.44. The number of hydrogen-bond acceptors (Lipinski definition) is 4. The van der Waals surface area contributed by atoms with Gasteiger partial charge in [-0.2, -0.15) is 0 Å². The Balaban J connectivity index is 1.52. The first-order valence-corrected chi connectivity index (χ1v) is 11.2. The zero-order valence-electron chi connectivity index (χ0n) is 15.0. The topological polar surface area (TPSA) is 18.5 Å². The Labute approximate surface area is 169 Å². The summed E-state index contributed by atoms with van der Waals surface area (Å²) in [5, 5.41) is 0. The summed E-state index contributed by atoms with van der Waals surface area (Å²) >= 11 is 4.00. The Bertz CT molecular complexity index is 847. The van der Waals surface area contributed by atoms with E-state index < -0.39 is 0 Å². The third kappa shape index (κ3) is 5.02. The smallest absolute Gasteiger partial charge is 0.162 e. The zero-order valence-corrected chi connectivity index (χ0v) is 16.7. The molecule has 2 nitrogen and oxygen atoms in total. The first kappa shape index (κ1) is 18.3. The lowest BCUT2D eigenvalue weighted by Gasteiger charge is -2.16. The molecule has 0 amide bonds. The number of hydrogen-bond donors (Lipinski definition) is 0. The minimum atomic E-state index is 0.493. The minimum Gasteiger partial charge on any atom is -0.485 e. The average Bonchev–Trinajstić information content (AvgIpc) is 3.27. The molecule has 27 heavy (non-hydrogen) atoms. The van der Waals surface area contributed by atoms with E-state index in [0.717, 1.165) is 22.6 Å². The molecule has 0 aliphatic carbocycles. The number of benzene rings is 3. The van der Waals surface area contributed by atoms with E-state index in [1.165, 1.54) is 17.1 Å². The van der Waals surface area contributed by atoms with Crippen molar-refractivity contribution in [3.63, 3.8) is 0 Å². The predicted molar refractivity (Wildman–Crippen MR) is 116 cm³/mol. The van der Waals surface area contributed by atoms with Crippen molar-refractivity contribution in [3.8, 4) is 11.5 Å². The standard InChI is InChI=1S/C23H22O2S2/c1-3-7-18(8-4-1)16-24-21-12-11-20(23-26-13-14-27-23)15-22(21)25-17-19-9-5-2-6-10-19/h1-12,15,23H,13-14,16-17H2. The molecular weight excluding hydrogens is 372 g/mol. The van der Waals surface area contributed by atoms with Gasteiger partial charge in [0.2, 0.25) is 0 Å². The summed E-state index contributed by atoms with van der Waals surface area (Å²) in [5.74, 6) is 4.04. The van der Waals surface area contributed by atoms with Gasteiger partial charge in [-0.3, -0.25) is 0 Å². The van der Waals surface area contributed by atoms with Gasteiger partial charge in [0, 0.05) is 11.5 Å². The Hall–Kier alpha value is -2.04. The fourth-order valence-electron chi connectivity index (χ4n) is 2.92. The maximum atomic E-state index is 6.17. The lowest BCUT2D eigenvalue weighted by molar-refractivity contribution is 0.256. The summed E-state index contributed by atoms with van der Waals surface area (Å²) in [6.07, 6.45) is 0. The van der Waals surface area contributed by atoms with Gasteiger partial charge in [0.15, 0.2) is 11.5 Å². The van der Waals surface area contributed by atoms with Crippen LogP contribution < -0.4 is 9.47 Å². The molecule has 4 heteroatoms. The second kappa shape index (κ2) is 9.25. The van der Waals surface area contributed by atoms with Crippen molar-refractivity contribution in [2.24, 2.45) is 0 Å². The largest absolute Gasteiger partial charge is 0.485 e. The molecular formula is C23H22O2S2. The monoisotopic (exact) mass is 394 g/mol. The summed E-state index contributed by atoms with van der Waals surface area (Å²) in [4.78, 5) is 0. The molecule has 0 N–H and O–H groups in total. The summed E-state index contributed by atoms with van der Waals surface area (Å²) < 4.78 is 12.8. The Morgan fingerprint density at radius 1 is 0.667 bits per heavy atom. The van der Waals surface area contributed by atoms with Crippen molar-refractivity contribution >= 4 is 23.5 Å². The van der Waals surface area contributed by atoms with E-state index in [2.05, 4.69) is 42.5 Å². The van der Waals surface area contributed by atoms with E-state index in [1.54, 1.807) is 0 Å². The fraction of sp³-hybridized carbons (Fsp3) is 0.217. The fourth-order valence-corrected chi connectivity index (χ4v) is 5.76. The van der Waals surface area contributed by atoms with Crippen LogP contribution in [0.25, 0.3) is 0 Å². The molecule has 0 bridgehead atoms. The molecule has 0 atom stereocenters. The molecule has 0 unspecified atom stereocenters. The van der Waals surface area contributed by atoms with Crippen LogP contribution in [0.3, 0.4) is 0 Å². The summed E-state index contributed by atoms with van der Waals surface area (Å²) in [7, 11) is 0. The summed E-state index contributed by atoms with van der Waals surface area (Å²) in [5.41, 5.74) is 3.61. The van der Waals surface area contributed by atoms with Crippen LogP contribution in [0.1, 0.15) is 21.3 Å². The average molecular weight is 395 g/mol. The van der Waals surface area contributed by atoms with E-state index >= 15 is 0 Å². The minimum absolute atomic E-state index is 0.493. The molecule has 4 rings (SSSR count). The second-order valence-electron chi connectivity index (χ2n) is 6.33. The van der Waals surface area contributed by atoms with Gasteiger partial charge in [0.25, 0.3) is 0 Å². The Kier molecular flexibility index (Phi) is 6.28. The molecule has 0 radical (unpaired) electrons. The van der Waals surface area contributed by atoms with Gasteiger partial charge in [-0.15, -0.1) is 23.5 Å². The summed E-state index contributed by atoms with van der Waals surface area (Å²) in [6.45, 7) is 1.08. The third-order valence-electron chi connectivity index (χ3n) is 4.34. The highest BCUT2D eigenvalue weighted by Gasteiger charge is 2.20. The molecule has 3 aromatic carbocycles. The van der Waals surface area contributed by atoms with E-state index in [-0.39, 0.29) is 0 Å². The predicted octanol–water partition coefficient (Wildman–Crippen LogP) is 6.32. The number of rotatable bonds is 7. The van der Waals surface area contributed by atoms with Crippen molar-refractivity contribution in [3.05, 3.63) is 95.6 Å². The molecule has 1 aliphatic heterocycles. The molecule has 0 saturated carbocycles. The second-order valence-corrected chi connectivity index (χ2v) is 9.05. The van der Waals surface area contributed by atoms with Gasteiger partial charge >= 0.3 is 0 Å². The van der Waals surface area contributed by atoms with Gasteiger partial charge in [-0.05, 0) is 28.8 Å². The molecule has 0 aromatic heterocycles. The van der Waals surface area contributed by atoms with Gasteiger partial charge in [-0.25, -0.2) is 0 Å². The van der Waals surface area contributed by atoms with E-state index in [4.69, 9.17) is 9.47 Å². The lowest BCUT2D eigenvalue weighted by Crippen LogP contribution is -2.01. The van der Waals surface area contributed by atoms with Gasteiger partial charge in [0.05, 0.1) is 4.58 Å². The molecule has 1 heterocycles. The van der Waals surface area contributed by atoms with Crippen LogP contribution in [0.5, 0.6) is 11.5 Å². The Morgan fingerprint density at radius 2 is 1.22 bits per heavy atom. The number of ether oxygens (including phenoxy) is 2. The van der Waals surface area contributed by atoms with Crippen LogP contribution in [-0.4, -0.2) is 11.5 Å². The van der Waals surface area contributed by atoms with Crippen LogP contribution >= 0.6 is 23.5 Å². The van der Waals surface area contributed by atoms with Crippen molar-refractivity contribution < 1.29 is 9.47 Å². The van der Waals surface area contributed by atoms with Gasteiger partial charge in [-0.1, -0.05) is 66.7 Å². The SMILES string of the molecule is c1ccc(COc2ccc(C3SCCS3)cc2OCc2ccccc2)cc1. The summed E-state index contributed by atoms with van der Waals surface area (Å²) in [6, 6.07) is 26.9. The molecule has 1 aliphatic rings. The Morgan fingerprint density at radius 3 is 1.81 bits per heavy atom. The van der Waals surface area contributed by atoms with Gasteiger partial charge in [0.1, 0.15) is 13.2 Å². The molecule has 0 spiro atoms. The highest BCUT2D eigenvalue weighted by Crippen LogP contribution is 2.47. The maximum Gasteiger partial charge on any atom is 0.162 e. The first-order chi connectivity index (χ1) is 13.4. The number of thioether (sulfide) groups is 2. The van der Waals surface area contributed by atoms with Crippen molar-refractivity contribution in [1.29, 1.82) is 0 Å². The van der Waals surface area contributed by atoms with E-state index in [1.807, 2.05) is 59.9 Å². The van der Waals surface area contributed by atoms with Crippen LogP contribution in [0.15, 0.2) is 78.9 Å².